The lowest BCUT2D eigenvalue weighted by molar-refractivity contribution is -0.129. The summed E-state index contributed by atoms with van der Waals surface area (Å²) in [5.41, 5.74) is -0.0366. The zero-order chi connectivity index (χ0) is 12.4. The first kappa shape index (κ1) is 13.5. The van der Waals surface area contributed by atoms with Gasteiger partial charge in [0.25, 0.3) is 0 Å². The fourth-order valence-electron chi connectivity index (χ4n) is 1.74. The van der Waals surface area contributed by atoms with E-state index < -0.39 is 0 Å². The molecule has 1 atom stereocenters. The van der Waals surface area contributed by atoms with Gasteiger partial charge in [-0.15, -0.1) is 0 Å². The summed E-state index contributed by atoms with van der Waals surface area (Å²) in [6, 6.07) is 0. The van der Waals surface area contributed by atoms with E-state index >= 15 is 0 Å². The van der Waals surface area contributed by atoms with Crippen LogP contribution in [0.2, 0.25) is 0 Å². The molecule has 0 aromatic heterocycles. The van der Waals surface area contributed by atoms with Gasteiger partial charge in [-0.3, -0.25) is 4.79 Å². The third kappa shape index (κ3) is 2.97. The third-order valence-electron chi connectivity index (χ3n) is 4.18. The van der Waals surface area contributed by atoms with Crippen LogP contribution in [0, 0.1) is 16.7 Å². The molecule has 1 amide bonds. The molecular formula is C13H26N2O. The maximum absolute atomic E-state index is 12.1. The van der Waals surface area contributed by atoms with E-state index in [-0.39, 0.29) is 16.7 Å². The second kappa shape index (κ2) is 4.74. The van der Waals surface area contributed by atoms with Crippen molar-refractivity contribution in [3.8, 4) is 0 Å². The van der Waals surface area contributed by atoms with Crippen molar-refractivity contribution in [1.82, 2.24) is 10.6 Å². The number of amides is 1. The molecule has 0 aromatic carbocycles. The van der Waals surface area contributed by atoms with Gasteiger partial charge in [0.2, 0.25) is 5.91 Å². The minimum absolute atomic E-state index is 0.165. The second-order valence-corrected chi connectivity index (χ2v) is 6.31. The van der Waals surface area contributed by atoms with Crippen LogP contribution in [0.1, 0.15) is 41.0 Å². The number of hydrogen-bond acceptors (Lipinski definition) is 2. The molecule has 16 heavy (non-hydrogen) atoms. The van der Waals surface area contributed by atoms with Gasteiger partial charge in [-0.1, -0.05) is 27.7 Å². The summed E-state index contributed by atoms with van der Waals surface area (Å²) >= 11 is 0. The fraction of sp³-hybridized carbons (Fsp3) is 0.923. The normalized spacial score (nSPS) is 26.1. The van der Waals surface area contributed by atoms with Gasteiger partial charge in [0.1, 0.15) is 0 Å². The Morgan fingerprint density at radius 1 is 1.50 bits per heavy atom. The van der Waals surface area contributed by atoms with Gasteiger partial charge in [0.05, 0.1) is 5.41 Å². The van der Waals surface area contributed by atoms with Crippen LogP contribution < -0.4 is 10.6 Å². The van der Waals surface area contributed by atoms with Crippen LogP contribution in [-0.4, -0.2) is 25.5 Å². The van der Waals surface area contributed by atoms with E-state index in [4.69, 9.17) is 0 Å². The fourth-order valence-corrected chi connectivity index (χ4v) is 1.74. The van der Waals surface area contributed by atoms with E-state index in [1.54, 1.807) is 0 Å². The minimum atomic E-state index is -0.201. The Morgan fingerprint density at radius 2 is 2.12 bits per heavy atom. The van der Waals surface area contributed by atoms with Crippen LogP contribution in [0.4, 0.5) is 0 Å². The van der Waals surface area contributed by atoms with E-state index in [1.165, 1.54) is 0 Å². The molecular weight excluding hydrogens is 200 g/mol. The van der Waals surface area contributed by atoms with Gasteiger partial charge in [-0.2, -0.15) is 0 Å². The van der Waals surface area contributed by atoms with Crippen LogP contribution in [0.15, 0.2) is 0 Å². The third-order valence-corrected chi connectivity index (χ3v) is 4.18. The molecule has 0 bridgehead atoms. The lowest BCUT2D eigenvalue weighted by Crippen LogP contribution is -2.45. The molecule has 0 saturated carbocycles. The molecule has 1 aliphatic heterocycles. The zero-order valence-corrected chi connectivity index (χ0v) is 11.3. The zero-order valence-electron chi connectivity index (χ0n) is 11.3. The Bertz CT molecular complexity index is 253. The minimum Gasteiger partial charge on any atom is -0.355 e. The van der Waals surface area contributed by atoms with Crippen molar-refractivity contribution in [2.24, 2.45) is 16.7 Å². The summed E-state index contributed by atoms with van der Waals surface area (Å²) in [4.78, 5) is 12.1. The Labute approximate surface area is 99.4 Å². The van der Waals surface area contributed by atoms with Crippen LogP contribution >= 0.6 is 0 Å². The standard InChI is InChI=1S/C13H26N2O/c1-10(2)12(3,4)8-15-11(16)13(5)6-7-14-9-13/h10,14H,6-9H2,1-5H3,(H,15,16). The van der Waals surface area contributed by atoms with E-state index in [2.05, 4.69) is 38.3 Å². The van der Waals surface area contributed by atoms with Crippen molar-refractivity contribution < 1.29 is 4.79 Å². The molecule has 1 fully saturated rings. The van der Waals surface area contributed by atoms with E-state index in [0.29, 0.717) is 5.92 Å². The monoisotopic (exact) mass is 226 g/mol. The molecule has 1 heterocycles. The average molecular weight is 226 g/mol. The van der Waals surface area contributed by atoms with Gasteiger partial charge in [-0.25, -0.2) is 0 Å². The van der Waals surface area contributed by atoms with E-state index in [0.717, 1.165) is 26.1 Å². The summed E-state index contributed by atoms with van der Waals surface area (Å²) in [6.07, 6.45) is 0.945. The van der Waals surface area contributed by atoms with Gasteiger partial charge >= 0.3 is 0 Å². The van der Waals surface area contributed by atoms with E-state index in [9.17, 15) is 4.79 Å². The highest BCUT2D eigenvalue weighted by atomic mass is 16.2. The lowest BCUT2D eigenvalue weighted by atomic mass is 9.80. The van der Waals surface area contributed by atoms with Gasteiger partial charge in [0.15, 0.2) is 0 Å². The highest BCUT2D eigenvalue weighted by molar-refractivity contribution is 5.82. The maximum Gasteiger partial charge on any atom is 0.227 e. The average Bonchev–Trinajstić information content (AvgIpc) is 2.62. The molecule has 3 heteroatoms. The molecule has 94 valence electrons. The summed E-state index contributed by atoms with van der Waals surface area (Å²) in [5, 5.41) is 6.36. The smallest absolute Gasteiger partial charge is 0.227 e. The van der Waals surface area contributed by atoms with Crippen molar-refractivity contribution >= 4 is 5.91 Å². The molecule has 1 saturated heterocycles. The van der Waals surface area contributed by atoms with Crippen LogP contribution in [0.3, 0.4) is 0 Å². The molecule has 3 nitrogen and oxygen atoms in total. The molecule has 1 unspecified atom stereocenters. The number of rotatable bonds is 4. The Kier molecular flexibility index (Phi) is 4.00. The first-order valence-electron chi connectivity index (χ1n) is 6.27. The predicted molar refractivity (Wildman–Crippen MR) is 67.2 cm³/mol. The molecule has 0 radical (unpaired) electrons. The van der Waals surface area contributed by atoms with E-state index in [1.807, 2.05) is 6.92 Å². The second-order valence-electron chi connectivity index (χ2n) is 6.31. The largest absolute Gasteiger partial charge is 0.355 e. The molecule has 1 rings (SSSR count). The quantitative estimate of drug-likeness (QED) is 0.767. The molecule has 0 spiro atoms. The number of nitrogens with one attached hydrogen (secondary N) is 2. The Balaban J connectivity index is 2.47. The molecule has 0 aliphatic carbocycles. The van der Waals surface area contributed by atoms with Gasteiger partial charge in [-0.05, 0) is 31.2 Å². The topological polar surface area (TPSA) is 41.1 Å². The van der Waals surface area contributed by atoms with Gasteiger partial charge < -0.3 is 10.6 Å². The molecule has 0 aromatic rings. The van der Waals surface area contributed by atoms with Crippen molar-refractivity contribution in [3.63, 3.8) is 0 Å². The summed E-state index contributed by atoms with van der Waals surface area (Å²) in [5.74, 6) is 0.772. The first-order valence-corrected chi connectivity index (χ1v) is 6.27. The van der Waals surface area contributed by atoms with Crippen molar-refractivity contribution in [3.05, 3.63) is 0 Å². The number of carbonyl (C=O) groups is 1. The highest BCUT2D eigenvalue weighted by Crippen LogP contribution is 2.27. The van der Waals surface area contributed by atoms with Crippen LogP contribution in [-0.2, 0) is 4.79 Å². The lowest BCUT2D eigenvalue weighted by Gasteiger charge is -2.31. The van der Waals surface area contributed by atoms with Crippen molar-refractivity contribution in [2.45, 2.75) is 41.0 Å². The van der Waals surface area contributed by atoms with Crippen molar-refractivity contribution in [2.75, 3.05) is 19.6 Å². The van der Waals surface area contributed by atoms with Gasteiger partial charge in [0, 0.05) is 13.1 Å². The summed E-state index contributed by atoms with van der Waals surface area (Å²) in [6.45, 7) is 13.4. The maximum atomic E-state index is 12.1. The first-order chi connectivity index (χ1) is 7.28. The predicted octanol–water partition coefficient (Wildman–Crippen LogP) is 1.78. The highest BCUT2D eigenvalue weighted by Gasteiger charge is 2.37. The summed E-state index contributed by atoms with van der Waals surface area (Å²) < 4.78 is 0. The SMILES string of the molecule is CC(C)C(C)(C)CNC(=O)C1(C)CCNC1. The van der Waals surface area contributed by atoms with Crippen molar-refractivity contribution in [1.29, 1.82) is 0 Å². The molecule has 1 aliphatic rings. The number of hydrogen-bond donors (Lipinski definition) is 2. The number of carbonyl (C=O) groups excluding carboxylic acids is 1. The Hall–Kier alpha value is -0.570. The summed E-state index contributed by atoms with van der Waals surface area (Å²) in [7, 11) is 0. The van der Waals surface area contributed by atoms with Crippen LogP contribution in [0.5, 0.6) is 0 Å². The Morgan fingerprint density at radius 3 is 2.56 bits per heavy atom. The molecule has 2 N–H and O–H groups in total. The van der Waals surface area contributed by atoms with Crippen LogP contribution in [0.25, 0.3) is 0 Å².